The molecule has 0 amide bonds. The van der Waals surface area contributed by atoms with E-state index in [4.69, 9.17) is 28.4 Å². The fourth-order valence-electron chi connectivity index (χ4n) is 5.38. The highest BCUT2D eigenvalue weighted by Crippen LogP contribution is 2.32. The molecule has 0 aliphatic carbocycles. The number of ether oxygens (including phenoxy) is 6. The predicted molar refractivity (Wildman–Crippen MR) is 192 cm³/mol. The topological polar surface area (TPSA) is 173 Å². The van der Waals surface area contributed by atoms with Gasteiger partial charge in [-0.15, -0.1) is 0 Å². The van der Waals surface area contributed by atoms with E-state index < -0.39 is 21.6 Å². The molecule has 0 radical (unpaired) electrons. The number of H-pyrrole nitrogens is 2. The molecular formula is C35H38N6O8S2. The van der Waals surface area contributed by atoms with Crippen molar-refractivity contribution in [3.8, 4) is 34.5 Å². The largest absolute Gasteiger partial charge is 0.494 e. The minimum atomic E-state index is -1.48. The first-order valence-electron chi connectivity index (χ1n) is 16.0. The number of methoxy groups -OCH3 is 4. The first kappa shape index (κ1) is 35.6. The van der Waals surface area contributed by atoms with Gasteiger partial charge in [-0.3, -0.25) is 18.4 Å². The molecule has 0 fully saturated rings. The van der Waals surface area contributed by atoms with Gasteiger partial charge in [-0.1, -0.05) is 0 Å². The molecule has 4 heterocycles. The Kier molecular flexibility index (Phi) is 11.6. The van der Waals surface area contributed by atoms with Crippen LogP contribution in [0, 0.1) is 0 Å². The summed E-state index contributed by atoms with van der Waals surface area (Å²) in [5.41, 5.74) is 3.89. The Morgan fingerprint density at radius 1 is 0.588 bits per heavy atom. The third-order valence-corrected chi connectivity index (χ3v) is 10.2. The first-order valence-corrected chi connectivity index (χ1v) is 18.7. The zero-order chi connectivity index (χ0) is 35.7. The van der Waals surface area contributed by atoms with Gasteiger partial charge in [-0.2, -0.15) is 0 Å². The molecule has 0 bridgehead atoms. The van der Waals surface area contributed by atoms with Crippen molar-refractivity contribution in [2.75, 3.05) is 41.7 Å². The van der Waals surface area contributed by atoms with E-state index >= 15 is 0 Å². The smallest absolute Gasteiger partial charge is 0.197 e. The number of benzene rings is 2. The van der Waals surface area contributed by atoms with Gasteiger partial charge in [0.05, 0.1) is 108 Å². The van der Waals surface area contributed by atoms with Crippen LogP contribution in [0.1, 0.15) is 30.7 Å². The average molecular weight is 735 g/mol. The van der Waals surface area contributed by atoms with Gasteiger partial charge in [0.1, 0.15) is 11.5 Å². The maximum absolute atomic E-state index is 13.1. The third-order valence-electron chi connectivity index (χ3n) is 7.89. The van der Waals surface area contributed by atoms with E-state index in [1.54, 1.807) is 38.7 Å². The lowest BCUT2D eigenvalue weighted by Gasteiger charge is -2.10. The zero-order valence-corrected chi connectivity index (χ0v) is 30.2. The van der Waals surface area contributed by atoms with Crippen LogP contribution in [-0.2, 0) is 33.1 Å². The highest BCUT2D eigenvalue weighted by atomic mass is 32.2. The SMILES string of the molecule is COc1ccnc(CS(=O)c2nc3ccc(OCCCCCOc4ccc5nc(S(=O)Cc6nccc(OC)c6OC)[nH]c5c4)cc3[nH]2)c1OC. The van der Waals surface area contributed by atoms with Crippen LogP contribution in [0.3, 0.4) is 0 Å². The second-order valence-corrected chi connectivity index (χ2v) is 13.9. The molecule has 2 atom stereocenters. The summed E-state index contributed by atoms with van der Waals surface area (Å²) in [5, 5.41) is 0.692. The van der Waals surface area contributed by atoms with Crippen molar-refractivity contribution in [3.63, 3.8) is 0 Å². The van der Waals surface area contributed by atoms with Crippen molar-refractivity contribution in [2.45, 2.75) is 41.1 Å². The number of hydrogen-bond donors (Lipinski definition) is 2. The Morgan fingerprint density at radius 3 is 1.45 bits per heavy atom. The van der Waals surface area contributed by atoms with Crippen molar-refractivity contribution in [1.29, 1.82) is 0 Å². The van der Waals surface area contributed by atoms with Crippen LogP contribution >= 0.6 is 0 Å². The fraction of sp³-hybridized carbons (Fsp3) is 0.314. The van der Waals surface area contributed by atoms with Crippen LogP contribution < -0.4 is 28.4 Å². The maximum atomic E-state index is 13.1. The highest BCUT2D eigenvalue weighted by molar-refractivity contribution is 7.84. The van der Waals surface area contributed by atoms with E-state index in [1.807, 2.05) is 36.4 Å². The lowest BCUT2D eigenvalue weighted by atomic mass is 10.2. The minimum Gasteiger partial charge on any atom is -0.494 e. The molecule has 2 N–H and O–H groups in total. The molecule has 4 aromatic heterocycles. The standard InChI is InChI=1S/C35H38N6O8S2/c1-44-30-12-14-36-28(32(30)46-3)20-50(42)34-38-24-10-8-22(18-26(24)40-34)48-16-6-5-7-17-49-23-9-11-25-27(19-23)41-35(39-25)51(43)21-29-33(47-4)31(45-2)13-15-37-29/h8-15,18-19H,5-7,16-17,20-21H2,1-4H3,(H,38,40)(H,39,41). The summed E-state index contributed by atoms with van der Waals surface area (Å²) in [6.07, 6.45) is 5.78. The molecule has 0 aliphatic heterocycles. The summed E-state index contributed by atoms with van der Waals surface area (Å²) in [6.45, 7) is 1.08. The van der Waals surface area contributed by atoms with Crippen LogP contribution in [0.4, 0.5) is 0 Å². The van der Waals surface area contributed by atoms with Gasteiger partial charge in [0.25, 0.3) is 0 Å². The van der Waals surface area contributed by atoms with Crippen LogP contribution in [-0.4, -0.2) is 80.0 Å². The van der Waals surface area contributed by atoms with Crippen molar-refractivity contribution in [3.05, 3.63) is 72.3 Å². The third kappa shape index (κ3) is 8.40. The van der Waals surface area contributed by atoms with Crippen LogP contribution in [0.15, 0.2) is 71.2 Å². The monoisotopic (exact) mass is 734 g/mol. The van der Waals surface area contributed by atoms with Gasteiger partial charge in [0.15, 0.2) is 33.3 Å². The Labute approximate surface area is 299 Å². The summed E-state index contributed by atoms with van der Waals surface area (Å²) >= 11 is 0. The number of aromatic nitrogens is 6. The fourth-order valence-corrected chi connectivity index (χ4v) is 7.41. The number of imidazole rings is 2. The lowest BCUT2D eigenvalue weighted by Crippen LogP contribution is -2.04. The molecule has 0 saturated heterocycles. The van der Waals surface area contributed by atoms with Crippen molar-refractivity contribution in [1.82, 2.24) is 29.9 Å². The van der Waals surface area contributed by atoms with E-state index in [9.17, 15) is 8.42 Å². The summed E-state index contributed by atoms with van der Waals surface area (Å²) in [7, 11) is 3.17. The average Bonchev–Trinajstić information content (AvgIpc) is 3.78. The molecule has 6 aromatic rings. The van der Waals surface area contributed by atoms with Crippen molar-refractivity contribution in [2.24, 2.45) is 0 Å². The molecule has 14 nitrogen and oxygen atoms in total. The number of fused-ring (bicyclic) bond motifs is 2. The summed E-state index contributed by atoms with van der Waals surface area (Å²) in [6, 6.07) is 14.5. The van der Waals surface area contributed by atoms with E-state index in [0.29, 0.717) is 80.4 Å². The number of unbranched alkanes of at least 4 members (excludes halogenated alkanes) is 2. The maximum Gasteiger partial charge on any atom is 0.197 e. The number of nitrogens with one attached hydrogen (secondary N) is 2. The van der Waals surface area contributed by atoms with E-state index in [-0.39, 0.29) is 11.5 Å². The number of pyridine rings is 2. The summed E-state index contributed by atoms with van der Waals surface area (Å²) < 4.78 is 59.7. The quantitative estimate of drug-likeness (QED) is 0.106. The summed E-state index contributed by atoms with van der Waals surface area (Å²) in [4.78, 5) is 23.9. The normalized spacial score (nSPS) is 12.5. The molecule has 0 aliphatic rings. The van der Waals surface area contributed by atoms with Gasteiger partial charge < -0.3 is 38.4 Å². The van der Waals surface area contributed by atoms with Gasteiger partial charge >= 0.3 is 0 Å². The second-order valence-electron chi connectivity index (χ2n) is 11.2. The Hall–Kier alpha value is -5.22. The first-order chi connectivity index (χ1) is 24.9. The highest BCUT2D eigenvalue weighted by Gasteiger charge is 2.19. The second kappa shape index (κ2) is 16.7. The number of hydrogen-bond acceptors (Lipinski definition) is 12. The van der Waals surface area contributed by atoms with E-state index in [0.717, 1.165) is 30.3 Å². The number of rotatable bonds is 18. The van der Waals surface area contributed by atoms with Gasteiger partial charge in [-0.25, -0.2) is 9.97 Å². The van der Waals surface area contributed by atoms with Crippen LogP contribution in [0.2, 0.25) is 0 Å². The summed E-state index contributed by atoms with van der Waals surface area (Å²) in [5.74, 6) is 3.59. The number of nitrogens with zero attached hydrogens (tertiary/aromatic N) is 4. The van der Waals surface area contributed by atoms with Crippen molar-refractivity contribution < 1.29 is 36.8 Å². The Bertz CT molecular complexity index is 2020. The van der Waals surface area contributed by atoms with Crippen LogP contribution in [0.25, 0.3) is 22.1 Å². The van der Waals surface area contributed by atoms with E-state index in [1.165, 1.54) is 14.2 Å². The predicted octanol–water partition coefficient (Wildman–Crippen LogP) is 5.51. The molecule has 6 rings (SSSR count). The Balaban J connectivity index is 0.945. The lowest BCUT2D eigenvalue weighted by molar-refractivity contribution is 0.280. The van der Waals surface area contributed by atoms with Gasteiger partial charge in [0.2, 0.25) is 0 Å². The van der Waals surface area contributed by atoms with Crippen LogP contribution in [0.5, 0.6) is 34.5 Å². The van der Waals surface area contributed by atoms with Gasteiger partial charge in [-0.05, 0) is 43.5 Å². The van der Waals surface area contributed by atoms with E-state index in [2.05, 4.69) is 29.9 Å². The molecular weight excluding hydrogens is 697 g/mol. The molecule has 268 valence electrons. The molecule has 16 heteroatoms. The number of aromatic amines is 2. The molecule has 2 unspecified atom stereocenters. The molecule has 51 heavy (non-hydrogen) atoms. The minimum absolute atomic E-state index is 0.119. The zero-order valence-electron chi connectivity index (χ0n) is 28.6. The van der Waals surface area contributed by atoms with Crippen molar-refractivity contribution >= 4 is 43.7 Å². The van der Waals surface area contributed by atoms with Gasteiger partial charge in [0, 0.05) is 36.7 Å². The molecule has 0 saturated carbocycles. The Morgan fingerprint density at radius 2 is 1.04 bits per heavy atom. The molecule has 2 aromatic carbocycles. The molecule has 0 spiro atoms.